The zero-order valence-corrected chi connectivity index (χ0v) is 15.2. The van der Waals surface area contributed by atoms with Crippen molar-refractivity contribution in [2.75, 3.05) is 10.6 Å². The number of rotatable bonds is 4. The average molecular weight is 395 g/mol. The fourth-order valence-electron chi connectivity index (χ4n) is 2.19. The van der Waals surface area contributed by atoms with Crippen LogP contribution in [0.25, 0.3) is 0 Å². The van der Waals surface area contributed by atoms with Crippen molar-refractivity contribution in [3.63, 3.8) is 0 Å². The molecule has 0 amide bonds. The molecule has 25 heavy (non-hydrogen) atoms. The Hall–Kier alpha value is -2.15. The molecule has 0 atom stereocenters. The summed E-state index contributed by atoms with van der Waals surface area (Å²) in [6.07, 6.45) is 1.83. The lowest BCUT2D eigenvalue weighted by Crippen LogP contribution is -2.19. The molecule has 0 aliphatic heterocycles. The monoisotopic (exact) mass is 394 g/mol. The van der Waals surface area contributed by atoms with Crippen LogP contribution in [0, 0.1) is 5.82 Å². The highest BCUT2D eigenvalue weighted by molar-refractivity contribution is 7.80. The predicted octanol–water partition coefficient (Wildman–Crippen LogP) is 5.19. The van der Waals surface area contributed by atoms with E-state index >= 15 is 0 Å². The number of thiocarbonyl (C=S) groups is 1. The first-order valence-corrected chi connectivity index (χ1v) is 8.47. The maximum atomic E-state index is 13.2. The molecule has 1 aromatic heterocycles. The van der Waals surface area contributed by atoms with Gasteiger partial charge in [0.1, 0.15) is 5.82 Å². The van der Waals surface area contributed by atoms with Gasteiger partial charge in [0.05, 0.1) is 11.6 Å². The first-order valence-electron chi connectivity index (χ1n) is 7.30. The number of nitrogens with one attached hydrogen (secondary N) is 2. The minimum absolute atomic E-state index is 0.0265. The Balaban J connectivity index is 1.60. The Bertz CT molecular complexity index is 913. The molecule has 128 valence electrons. The Morgan fingerprint density at radius 1 is 1.12 bits per heavy atom. The molecule has 0 aliphatic carbocycles. The number of halogens is 3. The number of hydrogen-bond donors (Lipinski definition) is 2. The Morgan fingerprint density at radius 3 is 2.72 bits per heavy atom. The van der Waals surface area contributed by atoms with Crippen molar-refractivity contribution in [1.82, 2.24) is 9.78 Å². The minimum atomic E-state index is -0.481. The topological polar surface area (TPSA) is 41.9 Å². The van der Waals surface area contributed by atoms with E-state index in [1.165, 1.54) is 12.1 Å². The zero-order chi connectivity index (χ0) is 17.8. The van der Waals surface area contributed by atoms with E-state index < -0.39 is 5.82 Å². The lowest BCUT2D eigenvalue weighted by atomic mass is 10.2. The Kier molecular flexibility index (Phi) is 5.53. The third kappa shape index (κ3) is 4.92. The van der Waals surface area contributed by atoms with Crippen LogP contribution in [0.5, 0.6) is 0 Å². The second-order valence-electron chi connectivity index (χ2n) is 5.24. The summed E-state index contributed by atoms with van der Waals surface area (Å²) in [5.74, 6) is 0.110. The maximum absolute atomic E-state index is 13.2. The fraction of sp³-hybridized carbons (Fsp3) is 0.0588. The molecule has 0 fully saturated rings. The van der Waals surface area contributed by atoms with E-state index in [0.717, 1.165) is 5.56 Å². The highest BCUT2D eigenvalue weighted by atomic mass is 35.5. The van der Waals surface area contributed by atoms with Gasteiger partial charge < -0.3 is 10.6 Å². The summed E-state index contributed by atoms with van der Waals surface area (Å²) < 4.78 is 14.9. The normalized spacial score (nSPS) is 10.5. The molecule has 0 saturated carbocycles. The molecule has 2 N–H and O–H groups in total. The van der Waals surface area contributed by atoms with Crippen LogP contribution in [0.4, 0.5) is 15.9 Å². The smallest absolute Gasteiger partial charge is 0.176 e. The summed E-state index contributed by atoms with van der Waals surface area (Å²) >= 11 is 17.0. The van der Waals surface area contributed by atoms with Crippen molar-refractivity contribution < 1.29 is 4.39 Å². The van der Waals surface area contributed by atoms with E-state index in [1.54, 1.807) is 16.8 Å². The number of nitrogens with zero attached hydrogens (tertiary/aromatic N) is 2. The van der Waals surface area contributed by atoms with Crippen molar-refractivity contribution >= 4 is 52.0 Å². The van der Waals surface area contributed by atoms with Gasteiger partial charge in [-0.2, -0.15) is 5.10 Å². The first-order chi connectivity index (χ1) is 12.0. The molecule has 2 aromatic carbocycles. The van der Waals surface area contributed by atoms with Crippen LogP contribution < -0.4 is 10.6 Å². The van der Waals surface area contributed by atoms with Crippen molar-refractivity contribution in [3.05, 3.63) is 76.2 Å². The number of aromatic nitrogens is 2. The van der Waals surface area contributed by atoms with E-state index in [4.69, 9.17) is 35.4 Å². The van der Waals surface area contributed by atoms with E-state index in [2.05, 4.69) is 15.7 Å². The van der Waals surface area contributed by atoms with Gasteiger partial charge in [-0.3, -0.25) is 4.68 Å². The fourth-order valence-corrected chi connectivity index (χ4v) is 2.81. The van der Waals surface area contributed by atoms with Gasteiger partial charge in [-0.1, -0.05) is 35.3 Å². The van der Waals surface area contributed by atoms with E-state index in [0.29, 0.717) is 28.2 Å². The van der Waals surface area contributed by atoms with Gasteiger partial charge in [0.25, 0.3) is 0 Å². The molecule has 1 heterocycles. The van der Waals surface area contributed by atoms with Crippen LogP contribution >= 0.6 is 35.4 Å². The molecule has 0 unspecified atom stereocenters. The van der Waals surface area contributed by atoms with Gasteiger partial charge in [-0.05, 0) is 48.1 Å². The molecule has 0 radical (unpaired) electrons. The quantitative estimate of drug-likeness (QED) is 0.597. The summed E-state index contributed by atoms with van der Waals surface area (Å²) in [5, 5.41) is 11.3. The van der Waals surface area contributed by atoms with Crippen molar-refractivity contribution in [2.24, 2.45) is 0 Å². The van der Waals surface area contributed by atoms with Gasteiger partial charge in [-0.25, -0.2) is 4.39 Å². The third-order valence-electron chi connectivity index (χ3n) is 3.29. The highest BCUT2D eigenvalue weighted by Crippen LogP contribution is 2.19. The van der Waals surface area contributed by atoms with Gasteiger partial charge in [0, 0.05) is 23.0 Å². The molecular weight excluding hydrogens is 382 g/mol. The van der Waals surface area contributed by atoms with Crippen molar-refractivity contribution in [3.8, 4) is 0 Å². The lowest BCUT2D eigenvalue weighted by Gasteiger charge is -2.09. The lowest BCUT2D eigenvalue weighted by molar-refractivity contribution is 0.628. The molecule has 0 bridgehead atoms. The molecule has 0 spiro atoms. The number of anilines is 2. The summed E-state index contributed by atoms with van der Waals surface area (Å²) in [5.41, 5.74) is 1.63. The second kappa shape index (κ2) is 7.82. The summed E-state index contributed by atoms with van der Waals surface area (Å²) in [4.78, 5) is 0. The number of hydrogen-bond acceptors (Lipinski definition) is 2. The van der Waals surface area contributed by atoms with Crippen LogP contribution in [0.2, 0.25) is 10.0 Å². The molecule has 8 heteroatoms. The molecule has 0 aliphatic rings. The molecule has 3 aromatic rings. The third-order valence-corrected chi connectivity index (χ3v) is 4.02. The van der Waals surface area contributed by atoms with Gasteiger partial charge in [0.15, 0.2) is 10.9 Å². The van der Waals surface area contributed by atoms with Gasteiger partial charge >= 0.3 is 0 Å². The van der Waals surface area contributed by atoms with Crippen molar-refractivity contribution in [2.45, 2.75) is 6.54 Å². The SMILES string of the molecule is Fc1ccc(NC(=S)Nc2ccn(Cc3cccc(Cl)c3)n2)cc1Cl. The summed E-state index contributed by atoms with van der Waals surface area (Å²) in [7, 11) is 0. The number of benzene rings is 2. The molecule has 4 nitrogen and oxygen atoms in total. The summed E-state index contributed by atoms with van der Waals surface area (Å²) in [6, 6.07) is 13.7. The minimum Gasteiger partial charge on any atom is -0.332 e. The van der Waals surface area contributed by atoms with Gasteiger partial charge in [-0.15, -0.1) is 0 Å². The van der Waals surface area contributed by atoms with Gasteiger partial charge in [0.2, 0.25) is 0 Å². The van der Waals surface area contributed by atoms with E-state index in [-0.39, 0.29) is 5.02 Å². The average Bonchev–Trinajstić information content (AvgIpc) is 2.98. The van der Waals surface area contributed by atoms with E-state index in [9.17, 15) is 4.39 Å². The standard InChI is InChI=1S/C17H13Cl2FN4S/c18-12-3-1-2-11(8-12)10-24-7-6-16(23-24)22-17(25)21-13-4-5-15(20)14(19)9-13/h1-9H,10H2,(H2,21,22,23,25). The van der Waals surface area contributed by atoms with Crippen molar-refractivity contribution in [1.29, 1.82) is 0 Å². The molecular formula is C17H13Cl2FN4S. The van der Waals surface area contributed by atoms with Crippen LogP contribution in [0.1, 0.15) is 5.56 Å². The molecule has 3 rings (SSSR count). The first kappa shape index (κ1) is 17.7. The van der Waals surface area contributed by atoms with Crippen LogP contribution in [0.15, 0.2) is 54.7 Å². The van der Waals surface area contributed by atoms with E-state index in [1.807, 2.05) is 30.5 Å². The zero-order valence-electron chi connectivity index (χ0n) is 12.8. The highest BCUT2D eigenvalue weighted by Gasteiger charge is 2.05. The largest absolute Gasteiger partial charge is 0.332 e. The Morgan fingerprint density at radius 2 is 1.96 bits per heavy atom. The maximum Gasteiger partial charge on any atom is 0.176 e. The predicted molar refractivity (Wildman–Crippen MR) is 104 cm³/mol. The van der Waals surface area contributed by atoms with Crippen LogP contribution in [0.3, 0.4) is 0 Å². The van der Waals surface area contributed by atoms with Crippen LogP contribution in [-0.2, 0) is 6.54 Å². The Labute approximate surface area is 159 Å². The summed E-state index contributed by atoms with van der Waals surface area (Å²) in [6.45, 7) is 0.593. The second-order valence-corrected chi connectivity index (χ2v) is 6.49. The van der Waals surface area contributed by atoms with Crippen LogP contribution in [-0.4, -0.2) is 14.9 Å². The molecule has 0 saturated heterocycles.